The van der Waals surface area contributed by atoms with Crippen molar-refractivity contribution in [1.82, 2.24) is 9.88 Å². The van der Waals surface area contributed by atoms with Crippen LogP contribution in [0.1, 0.15) is 34.6 Å². The molecule has 0 fully saturated rings. The highest BCUT2D eigenvalue weighted by atomic mass is 16.5. The third kappa shape index (κ3) is 3.95. The van der Waals surface area contributed by atoms with Crippen LogP contribution in [0.2, 0.25) is 0 Å². The van der Waals surface area contributed by atoms with Gasteiger partial charge in [0.15, 0.2) is 0 Å². The molecule has 6 heteroatoms. The van der Waals surface area contributed by atoms with Gasteiger partial charge in [-0.3, -0.25) is 9.59 Å². The zero-order valence-corrected chi connectivity index (χ0v) is 14.1. The van der Waals surface area contributed by atoms with Gasteiger partial charge < -0.3 is 19.7 Å². The van der Waals surface area contributed by atoms with Gasteiger partial charge in [-0.2, -0.15) is 0 Å². The van der Waals surface area contributed by atoms with Crippen LogP contribution in [-0.2, 0) is 4.79 Å². The molecule has 0 saturated heterocycles. The van der Waals surface area contributed by atoms with E-state index in [-0.39, 0.29) is 12.3 Å². The van der Waals surface area contributed by atoms with Crippen molar-refractivity contribution in [2.45, 2.75) is 26.7 Å². The minimum absolute atomic E-state index is 0.0468. The fourth-order valence-corrected chi connectivity index (χ4v) is 2.66. The largest absolute Gasteiger partial charge is 0.497 e. The second kappa shape index (κ2) is 7.68. The molecule has 1 amide bonds. The first-order valence-corrected chi connectivity index (χ1v) is 7.77. The Balaban J connectivity index is 2.15. The molecule has 1 heterocycles. The van der Waals surface area contributed by atoms with Gasteiger partial charge in [0.1, 0.15) is 5.75 Å². The molecule has 1 aromatic heterocycles. The summed E-state index contributed by atoms with van der Waals surface area (Å²) in [6.45, 7) is 4.18. The molecule has 128 valence electrons. The van der Waals surface area contributed by atoms with E-state index < -0.39 is 5.97 Å². The number of amides is 1. The summed E-state index contributed by atoms with van der Waals surface area (Å²) in [5, 5.41) is 11.4. The van der Waals surface area contributed by atoms with E-state index in [2.05, 4.69) is 5.32 Å². The number of carboxylic acids is 1. The number of carbonyl (C=O) groups excluding carboxylic acids is 1. The lowest BCUT2D eigenvalue weighted by Crippen LogP contribution is -2.25. The van der Waals surface area contributed by atoms with Gasteiger partial charge in [0, 0.05) is 30.0 Å². The van der Waals surface area contributed by atoms with Gasteiger partial charge in [-0.15, -0.1) is 0 Å². The third-order valence-corrected chi connectivity index (χ3v) is 3.86. The van der Waals surface area contributed by atoms with Crippen molar-refractivity contribution < 1.29 is 19.4 Å². The van der Waals surface area contributed by atoms with Gasteiger partial charge in [-0.05, 0) is 50.6 Å². The number of nitrogens with one attached hydrogen (secondary N) is 1. The molecule has 0 unspecified atom stereocenters. The average molecular weight is 330 g/mol. The number of benzene rings is 1. The van der Waals surface area contributed by atoms with Crippen LogP contribution in [0.4, 0.5) is 0 Å². The molecule has 0 atom stereocenters. The van der Waals surface area contributed by atoms with Crippen LogP contribution in [0.25, 0.3) is 5.69 Å². The number of carbonyl (C=O) groups is 2. The first kappa shape index (κ1) is 17.6. The number of ether oxygens (including phenoxy) is 1. The molecule has 0 bridgehead atoms. The molecule has 2 N–H and O–H groups in total. The molecule has 2 aromatic rings. The van der Waals surface area contributed by atoms with E-state index in [1.807, 2.05) is 48.7 Å². The Morgan fingerprint density at radius 3 is 2.46 bits per heavy atom. The van der Waals surface area contributed by atoms with Gasteiger partial charge in [0.25, 0.3) is 5.91 Å². The van der Waals surface area contributed by atoms with Gasteiger partial charge in [-0.25, -0.2) is 0 Å². The monoisotopic (exact) mass is 330 g/mol. The van der Waals surface area contributed by atoms with Gasteiger partial charge in [0.2, 0.25) is 0 Å². The molecule has 0 spiro atoms. The minimum Gasteiger partial charge on any atom is -0.497 e. The Labute approximate surface area is 141 Å². The Bertz CT molecular complexity index is 732. The highest BCUT2D eigenvalue weighted by Crippen LogP contribution is 2.22. The molecule has 0 saturated carbocycles. The molecule has 0 aliphatic carbocycles. The number of aromatic nitrogens is 1. The predicted molar refractivity (Wildman–Crippen MR) is 91.0 cm³/mol. The maximum absolute atomic E-state index is 12.3. The highest BCUT2D eigenvalue weighted by Gasteiger charge is 2.16. The zero-order chi connectivity index (χ0) is 17.7. The van der Waals surface area contributed by atoms with Gasteiger partial charge in [0.05, 0.1) is 12.7 Å². The first-order valence-electron chi connectivity index (χ1n) is 7.77. The maximum Gasteiger partial charge on any atom is 0.303 e. The second-order valence-corrected chi connectivity index (χ2v) is 5.57. The number of hydrogen-bond donors (Lipinski definition) is 2. The molecule has 0 aliphatic rings. The van der Waals surface area contributed by atoms with Crippen molar-refractivity contribution in [1.29, 1.82) is 0 Å². The van der Waals surface area contributed by atoms with Crippen molar-refractivity contribution in [2.75, 3.05) is 13.7 Å². The van der Waals surface area contributed by atoms with Crippen LogP contribution in [-0.4, -0.2) is 35.2 Å². The SMILES string of the molecule is COc1ccc(-n2c(C)cc(C(=O)NCCCC(=O)O)c2C)cc1. The lowest BCUT2D eigenvalue weighted by molar-refractivity contribution is -0.137. The van der Waals surface area contributed by atoms with Crippen LogP contribution in [0.5, 0.6) is 5.75 Å². The van der Waals surface area contributed by atoms with E-state index in [4.69, 9.17) is 9.84 Å². The normalized spacial score (nSPS) is 10.5. The van der Waals surface area contributed by atoms with Crippen LogP contribution >= 0.6 is 0 Å². The smallest absolute Gasteiger partial charge is 0.303 e. The Hall–Kier alpha value is -2.76. The van der Waals surface area contributed by atoms with Crippen molar-refractivity contribution in [3.63, 3.8) is 0 Å². The second-order valence-electron chi connectivity index (χ2n) is 5.57. The van der Waals surface area contributed by atoms with Crippen molar-refractivity contribution >= 4 is 11.9 Å². The van der Waals surface area contributed by atoms with Gasteiger partial charge in [-0.1, -0.05) is 0 Å². The van der Waals surface area contributed by atoms with E-state index in [9.17, 15) is 9.59 Å². The molecule has 2 rings (SSSR count). The number of methoxy groups -OCH3 is 1. The van der Waals surface area contributed by atoms with Crippen LogP contribution in [0.3, 0.4) is 0 Å². The van der Waals surface area contributed by atoms with E-state index in [0.717, 1.165) is 22.8 Å². The molecule has 0 radical (unpaired) electrons. The van der Waals surface area contributed by atoms with Crippen LogP contribution < -0.4 is 10.1 Å². The summed E-state index contributed by atoms with van der Waals surface area (Å²) in [4.78, 5) is 22.8. The molecular weight excluding hydrogens is 308 g/mol. The lowest BCUT2D eigenvalue weighted by atomic mass is 10.2. The van der Waals surface area contributed by atoms with Gasteiger partial charge >= 0.3 is 5.97 Å². The summed E-state index contributed by atoms with van der Waals surface area (Å²) in [6, 6.07) is 9.46. The fourth-order valence-electron chi connectivity index (χ4n) is 2.66. The van der Waals surface area contributed by atoms with E-state index >= 15 is 0 Å². The number of aliphatic carboxylic acids is 1. The quantitative estimate of drug-likeness (QED) is 0.765. The number of aryl methyl sites for hydroxylation is 1. The number of nitrogens with zero attached hydrogens (tertiary/aromatic N) is 1. The van der Waals surface area contributed by atoms with E-state index in [0.29, 0.717) is 18.5 Å². The highest BCUT2D eigenvalue weighted by molar-refractivity contribution is 5.95. The van der Waals surface area contributed by atoms with Crippen LogP contribution in [0, 0.1) is 13.8 Å². The topological polar surface area (TPSA) is 80.6 Å². The fraction of sp³-hybridized carbons (Fsp3) is 0.333. The Morgan fingerprint density at radius 1 is 1.21 bits per heavy atom. The number of hydrogen-bond acceptors (Lipinski definition) is 3. The summed E-state index contributed by atoms with van der Waals surface area (Å²) in [6.07, 6.45) is 0.462. The lowest BCUT2D eigenvalue weighted by Gasteiger charge is -2.11. The summed E-state index contributed by atoms with van der Waals surface area (Å²) in [5.41, 5.74) is 3.34. The van der Waals surface area contributed by atoms with E-state index in [1.54, 1.807) is 7.11 Å². The molecular formula is C18H22N2O4. The first-order chi connectivity index (χ1) is 11.4. The third-order valence-electron chi connectivity index (χ3n) is 3.86. The Morgan fingerprint density at radius 2 is 1.88 bits per heavy atom. The minimum atomic E-state index is -0.859. The predicted octanol–water partition coefficient (Wildman–Crippen LogP) is 2.70. The van der Waals surface area contributed by atoms with E-state index in [1.165, 1.54) is 0 Å². The number of rotatable bonds is 7. The summed E-state index contributed by atoms with van der Waals surface area (Å²) >= 11 is 0. The average Bonchev–Trinajstić information content (AvgIpc) is 2.86. The summed E-state index contributed by atoms with van der Waals surface area (Å²) in [5.74, 6) is -0.271. The molecule has 24 heavy (non-hydrogen) atoms. The Kier molecular flexibility index (Phi) is 5.63. The molecule has 1 aromatic carbocycles. The zero-order valence-electron chi connectivity index (χ0n) is 14.1. The molecule has 6 nitrogen and oxygen atoms in total. The summed E-state index contributed by atoms with van der Waals surface area (Å²) < 4.78 is 7.17. The van der Waals surface area contributed by atoms with Crippen molar-refractivity contribution in [3.05, 3.63) is 47.3 Å². The summed E-state index contributed by atoms with van der Waals surface area (Å²) in [7, 11) is 1.62. The maximum atomic E-state index is 12.3. The van der Waals surface area contributed by atoms with Crippen molar-refractivity contribution in [2.24, 2.45) is 0 Å². The molecule has 0 aliphatic heterocycles. The van der Waals surface area contributed by atoms with Crippen LogP contribution in [0.15, 0.2) is 30.3 Å². The standard InChI is InChI=1S/C18H22N2O4/c1-12-11-16(18(23)19-10-4-5-17(21)22)13(2)20(12)14-6-8-15(24-3)9-7-14/h6-9,11H,4-5,10H2,1-3H3,(H,19,23)(H,21,22). The number of carboxylic acid groups (broad SMARTS) is 1. The van der Waals surface area contributed by atoms with Crippen molar-refractivity contribution in [3.8, 4) is 11.4 Å².